The van der Waals surface area contributed by atoms with Crippen LogP contribution in [-0.4, -0.2) is 21.0 Å². The van der Waals surface area contributed by atoms with Crippen molar-refractivity contribution in [1.29, 1.82) is 0 Å². The zero-order chi connectivity index (χ0) is 13.8. The first-order valence-corrected chi connectivity index (χ1v) is 6.87. The SMILES string of the molecule is Nc1c(Nc2cccnc2)ncnc1NC1CCCC1. The summed E-state index contributed by atoms with van der Waals surface area (Å²) in [5.74, 6) is 1.31. The van der Waals surface area contributed by atoms with Crippen LogP contribution in [0.4, 0.5) is 23.0 Å². The average molecular weight is 270 g/mol. The monoisotopic (exact) mass is 270 g/mol. The molecule has 2 aromatic heterocycles. The molecule has 1 aliphatic carbocycles. The number of nitrogens with one attached hydrogen (secondary N) is 2. The molecule has 0 atom stereocenters. The highest BCUT2D eigenvalue weighted by molar-refractivity contribution is 5.77. The molecule has 0 saturated heterocycles. The average Bonchev–Trinajstić information content (AvgIpc) is 2.97. The first-order chi connectivity index (χ1) is 9.83. The summed E-state index contributed by atoms with van der Waals surface area (Å²) in [6.45, 7) is 0. The lowest BCUT2D eigenvalue weighted by Gasteiger charge is -2.16. The molecule has 0 aromatic carbocycles. The molecule has 2 heterocycles. The van der Waals surface area contributed by atoms with Crippen molar-refractivity contribution in [3.8, 4) is 0 Å². The van der Waals surface area contributed by atoms with E-state index in [-0.39, 0.29) is 0 Å². The molecule has 20 heavy (non-hydrogen) atoms. The van der Waals surface area contributed by atoms with Crippen molar-refractivity contribution in [3.05, 3.63) is 30.9 Å². The minimum Gasteiger partial charge on any atom is -0.393 e. The van der Waals surface area contributed by atoms with Gasteiger partial charge in [-0.25, -0.2) is 9.97 Å². The minimum absolute atomic E-state index is 0.471. The van der Waals surface area contributed by atoms with Crippen molar-refractivity contribution in [1.82, 2.24) is 15.0 Å². The molecule has 4 N–H and O–H groups in total. The predicted octanol–water partition coefficient (Wildman–Crippen LogP) is 2.55. The molecule has 1 aliphatic rings. The lowest BCUT2D eigenvalue weighted by atomic mass is 10.2. The normalized spacial score (nSPS) is 15.2. The van der Waals surface area contributed by atoms with Crippen LogP contribution < -0.4 is 16.4 Å². The number of nitrogens with zero attached hydrogens (tertiary/aromatic N) is 3. The Kier molecular flexibility index (Phi) is 3.62. The van der Waals surface area contributed by atoms with Gasteiger partial charge in [-0.2, -0.15) is 0 Å². The second-order valence-electron chi connectivity index (χ2n) is 4.98. The van der Waals surface area contributed by atoms with Crippen LogP contribution in [0.25, 0.3) is 0 Å². The van der Waals surface area contributed by atoms with E-state index < -0.39 is 0 Å². The van der Waals surface area contributed by atoms with Crippen molar-refractivity contribution >= 4 is 23.0 Å². The van der Waals surface area contributed by atoms with E-state index in [4.69, 9.17) is 5.73 Å². The molecule has 0 spiro atoms. The number of hydrogen-bond donors (Lipinski definition) is 3. The van der Waals surface area contributed by atoms with Crippen molar-refractivity contribution in [2.24, 2.45) is 0 Å². The largest absolute Gasteiger partial charge is 0.393 e. The molecule has 104 valence electrons. The Labute approximate surface area is 117 Å². The maximum atomic E-state index is 6.14. The Morgan fingerprint density at radius 1 is 1.15 bits per heavy atom. The van der Waals surface area contributed by atoms with Crippen LogP contribution in [0.2, 0.25) is 0 Å². The van der Waals surface area contributed by atoms with E-state index in [2.05, 4.69) is 25.6 Å². The van der Waals surface area contributed by atoms with Gasteiger partial charge in [0, 0.05) is 12.2 Å². The summed E-state index contributed by atoms with van der Waals surface area (Å²) < 4.78 is 0. The molecule has 0 bridgehead atoms. The van der Waals surface area contributed by atoms with Crippen LogP contribution in [0.5, 0.6) is 0 Å². The van der Waals surface area contributed by atoms with Gasteiger partial charge < -0.3 is 16.4 Å². The molecular formula is C14H18N6. The maximum Gasteiger partial charge on any atom is 0.159 e. The van der Waals surface area contributed by atoms with Gasteiger partial charge in [0.25, 0.3) is 0 Å². The number of nitrogens with two attached hydrogens (primary N) is 1. The summed E-state index contributed by atoms with van der Waals surface area (Å²) in [7, 11) is 0. The van der Waals surface area contributed by atoms with Crippen molar-refractivity contribution in [2.45, 2.75) is 31.7 Å². The second kappa shape index (κ2) is 5.73. The number of pyridine rings is 1. The van der Waals surface area contributed by atoms with Crippen molar-refractivity contribution < 1.29 is 0 Å². The quantitative estimate of drug-likeness (QED) is 0.791. The molecule has 6 nitrogen and oxygen atoms in total. The molecule has 0 amide bonds. The highest BCUT2D eigenvalue weighted by Crippen LogP contribution is 2.28. The molecule has 2 aromatic rings. The highest BCUT2D eigenvalue weighted by atomic mass is 15.1. The summed E-state index contributed by atoms with van der Waals surface area (Å²) in [6.07, 6.45) is 9.86. The first-order valence-electron chi connectivity index (χ1n) is 6.87. The number of nitrogen functional groups attached to an aromatic ring is 1. The van der Waals surface area contributed by atoms with Gasteiger partial charge >= 0.3 is 0 Å². The van der Waals surface area contributed by atoms with Gasteiger partial charge in [0.05, 0.1) is 11.9 Å². The van der Waals surface area contributed by atoms with Gasteiger partial charge in [-0.1, -0.05) is 12.8 Å². The van der Waals surface area contributed by atoms with Crippen LogP contribution in [0, 0.1) is 0 Å². The van der Waals surface area contributed by atoms with E-state index in [1.807, 2.05) is 12.1 Å². The van der Waals surface area contributed by atoms with E-state index in [0.717, 1.165) is 5.69 Å². The van der Waals surface area contributed by atoms with E-state index in [1.54, 1.807) is 12.4 Å². The van der Waals surface area contributed by atoms with E-state index in [9.17, 15) is 0 Å². The summed E-state index contributed by atoms with van der Waals surface area (Å²) in [4.78, 5) is 12.5. The fourth-order valence-electron chi connectivity index (χ4n) is 2.45. The lowest BCUT2D eigenvalue weighted by Crippen LogP contribution is -2.17. The van der Waals surface area contributed by atoms with Gasteiger partial charge in [0.15, 0.2) is 11.6 Å². The number of anilines is 4. The van der Waals surface area contributed by atoms with Gasteiger partial charge in [-0.3, -0.25) is 4.98 Å². The highest BCUT2D eigenvalue weighted by Gasteiger charge is 2.17. The molecule has 0 unspecified atom stereocenters. The molecule has 0 aliphatic heterocycles. The first kappa shape index (κ1) is 12.7. The summed E-state index contributed by atoms with van der Waals surface area (Å²) in [5.41, 5.74) is 7.54. The van der Waals surface area contributed by atoms with Crippen LogP contribution in [0.15, 0.2) is 30.9 Å². The second-order valence-corrected chi connectivity index (χ2v) is 4.98. The van der Waals surface area contributed by atoms with Crippen LogP contribution in [0.3, 0.4) is 0 Å². The van der Waals surface area contributed by atoms with Crippen LogP contribution >= 0.6 is 0 Å². The van der Waals surface area contributed by atoms with Gasteiger partial charge in [0.1, 0.15) is 12.0 Å². The fourth-order valence-corrected chi connectivity index (χ4v) is 2.45. The number of aromatic nitrogens is 3. The standard InChI is InChI=1S/C14H18N6/c15-12-13(19-10-4-1-2-5-10)17-9-18-14(12)20-11-6-3-7-16-8-11/h3,6-10H,1-2,4-5,15H2,(H2,17,18,19,20). The Bertz CT molecular complexity index is 565. The van der Waals surface area contributed by atoms with Crippen molar-refractivity contribution in [3.63, 3.8) is 0 Å². The fraction of sp³-hybridized carbons (Fsp3) is 0.357. The zero-order valence-electron chi connectivity index (χ0n) is 11.2. The Balaban J connectivity index is 1.78. The molecule has 1 saturated carbocycles. The molecule has 6 heteroatoms. The Morgan fingerprint density at radius 2 is 1.95 bits per heavy atom. The predicted molar refractivity (Wildman–Crippen MR) is 79.8 cm³/mol. The molecule has 1 fully saturated rings. The summed E-state index contributed by atoms with van der Waals surface area (Å²) in [6, 6.07) is 4.24. The van der Waals surface area contributed by atoms with E-state index in [0.29, 0.717) is 23.4 Å². The maximum absolute atomic E-state index is 6.14. The van der Waals surface area contributed by atoms with Gasteiger partial charge in [-0.15, -0.1) is 0 Å². The lowest BCUT2D eigenvalue weighted by molar-refractivity contribution is 0.750. The van der Waals surface area contributed by atoms with Crippen molar-refractivity contribution in [2.75, 3.05) is 16.4 Å². The van der Waals surface area contributed by atoms with E-state index in [1.165, 1.54) is 32.0 Å². The zero-order valence-corrected chi connectivity index (χ0v) is 11.2. The molecular weight excluding hydrogens is 252 g/mol. The van der Waals surface area contributed by atoms with Gasteiger partial charge in [-0.05, 0) is 25.0 Å². The smallest absolute Gasteiger partial charge is 0.159 e. The molecule has 0 radical (unpaired) electrons. The minimum atomic E-state index is 0.471. The van der Waals surface area contributed by atoms with E-state index >= 15 is 0 Å². The molecule has 3 rings (SSSR count). The number of rotatable bonds is 4. The third-order valence-corrected chi connectivity index (χ3v) is 3.50. The van der Waals surface area contributed by atoms with Gasteiger partial charge in [0.2, 0.25) is 0 Å². The van der Waals surface area contributed by atoms with Crippen LogP contribution in [-0.2, 0) is 0 Å². The Hall–Kier alpha value is -2.37. The third kappa shape index (κ3) is 2.79. The summed E-state index contributed by atoms with van der Waals surface area (Å²) >= 11 is 0. The summed E-state index contributed by atoms with van der Waals surface area (Å²) in [5, 5.41) is 6.56. The Morgan fingerprint density at radius 3 is 2.70 bits per heavy atom. The van der Waals surface area contributed by atoms with Crippen LogP contribution in [0.1, 0.15) is 25.7 Å². The third-order valence-electron chi connectivity index (χ3n) is 3.50. The number of hydrogen-bond acceptors (Lipinski definition) is 6. The topological polar surface area (TPSA) is 88.8 Å².